The quantitative estimate of drug-likeness (QED) is 0.347. The monoisotopic (exact) mass is 350 g/mol. The van der Waals surface area contributed by atoms with Gasteiger partial charge < -0.3 is 9.84 Å². The SMILES string of the molecule is CCCCCCC#C[C@@H]1[C@H](O)CC(=O)[C@@H]1CCCCCCC(=O)OC. The summed E-state index contributed by atoms with van der Waals surface area (Å²) in [6.45, 7) is 2.19. The van der Waals surface area contributed by atoms with Gasteiger partial charge in [-0.3, -0.25) is 9.59 Å². The van der Waals surface area contributed by atoms with E-state index in [0.717, 1.165) is 44.9 Å². The van der Waals surface area contributed by atoms with Crippen LogP contribution < -0.4 is 0 Å². The molecular formula is C21H34O4. The molecule has 0 saturated heterocycles. The van der Waals surface area contributed by atoms with Crippen LogP contribution in [0.2, 0.25) is 0 Å². The van der Waals surface area contributed by atoms with Gasteiger partial charge >= 0.3 is 5.97 Å². The zero-order valence-electron chi connectivity index (χ0n) is 15.9. The van der Waals surface area contributed by atoms with Crippen LogP contribution in [-0.2, 0) is 14.3 Å². The van der Waals surface area contributed by atoms with E-state index in [9.17, 15) is 14.7 Å². The molecular weight excluding hydrogens is 316 g/mol. The summed E-state index contributed by atoms with van der Waals surface area (Å²) in [5.74, 6) is 6.06. The number of carbonyl (C=O) groups is 2. The molecule has 1 aliphatic rings. The predicted molar refractivity (Wildman–Crippen MR) is 98.9 cm³/mol. The van der Waals surface area contributed by atoms with Gasteiger partial charge in [-0.2, -0.15) is 0 Å². The number of unbranched alkanes of at least 4 members (excludes halogenated alkanes) is 7. The van der Waals surface area contributed by atoms with E-state index < -0.39 is 6.10 Å². The molecule has 4 nitrogen and oxygen atoms in total. The van der Waals surface area contributed by atoms with Crippen molar-refractivity contribution >= 4 is 11.8 Å². The van der Waals surface area contributed by atoms with E-state index in [2.05, 4.69) is 23.5 Å². The highest BCUT2D eigenvalue weighted by Crippen LogP contribution is 2.33. The maximum atomic E-state index is 12.1. The third kappa shape index (κ3) is 8.54. The lowest BCUT2D eigenvalue weighted by Crippen LogP contribution is -2.19. The van der Waals surface area contributed by atoms with Gasteiger partial charge in [0.2, 0.25) is 0 Å². The summed E-state index contributed by atoms with van der Waals surface area (Å²) in [7, 11) is 1.41. The summed E-state index contributed by atoms with van der Waals surface area (Å²) in [6, 6.07) is 0. The number of ketones is 1. The Morgan fingerprint density at radius 3 is 2.60 bits per heavy atom. The molecule has 0 bridgehead atoms. The predicted octanol–water partition coefficient (Wildman–Crippen LogP) is 4.04. The van der Waals surface area contributed by atoms with E-state index in [1.807, 2.05) is 0 Å². The third-order valence-corrected chi connectivity index (χ3v) is 4.97. The number of Topliss-reactive ketones (excluding diaryl/α,β-unsaturated/α-hetero) is 1. The van der Waals surface area contributed by atoms with Crippen molar-refractivity contribution in [2.75, 3.05) is 7.11 Å². The number of esters is 1. The lowest BCUT2D eigenvalue weighted by Gasteiger charge is -2.15. The standard InChI is InChI=1S/C21H34O4/c1-3-4-5-6-7-10-13-17-18(20(23)16-19(17)22)14-11-8-9-12-15-21(24)25-2/h17-19,22H,3-9,11-12,14-16H2,1-2H3/t17-,18+,19+/m0/s1. The van der Waals surface area contributed by atoms with Gasteiger partial charge in [0.1, 0.15) is 5.78 Å². The number of carbonyl (C=O) groups excluding carboxylic acids is 2. The lowest BCUT2D eigenvalue weighted by molar-refractivity contribution is -0.140. The molecule has 4 heteroatoms. The molecule has 1 N–H and O–H groups in total. The number of ether oxygens (including phenoxy) is 1. The molecule has 0 amide bonds. The Morgan fingerprint density at radius 2 is 1.88 bits per heavy atom. The van der Waals surface area contributed by atoms with Crippen LogP contribution >= 0.6 is 0 Å². The molecule has 1 rings (SSSR count). The molecule has 0 unspecified atom stereocenters. The zero-order chi connectivity index (χ0) is 18.5. The highest BCUT2D eigenvalue weighted by molar-refractivity contribution is 5.84. The van der Waals surface area contributed by atoms with Crippen LogP contribution in [0.25, 0.3) is 0 Å². The average Bonchev–Trinajstić information content (AvgIpc) is 2.87. The topological polar surface area (TPSA) is 63.6 Å². The van der Waals surface area contributed by atoms with E-state index in [0.29, 0.717) is 6.42 Å². The van der Waals surface area contributed by atoms with E-state index in [1.165, 1.54) is 26.4 Å². The first-order chi connectivity index (χ1) is 12.1. The summed E-state index contributed by atoms with van der Waals surface area (Å²) in [5.41, 5.74) is 0. The summed E-state index contributed by atoms with van der Waals surface area (Å²) >= 11 is 0. The Balaban J connectivity index is 2.30. The van der Waals surface area contributed by atoms with Crippen molar-refractivity contribution in [3.8, 4) is 11.8 Å². The number of aliphatic hydroxyl groups excluding tert-OH is 1. The Labute approximate surface area is 152 Å². The first kappa shape index (κ1) is 21.7. The van der Waals surface area contributed by atoms with Gasteiger partial charge in [0.05, 0.1) is 19.1 Å². The lowest BCUT2D eigenvalue weighted by atomic mass is 9.89. The van der Waals surface area contributed by atoms with Crippen molar-refractivity contribution in [3.63, 3.8) is 0 Å². The fourth-order valence-electron chi connectivity index (χ4n) is 3.41. The minimum atomic E-state index is -0.597. The van der Waals surface area contributed by atoms with Crippen molar-refractivity contribution in [1.29, 1.82) is 0 Å². The van der Waals surface area contributed by atoms with Gasteiger partial charge in [0, 0.05) is 25.2 Å². The minimum Gasteiger partial charge on any atom is -0.469 e. The first-order valence-electron chi connectivity index (χ1n) is 9.86. The van der Waals surface area contributed by atoms with Crippen molar-refractivity contribution in [1.82, 2.24) is 0 Å². The van der Waals surface area contributed by atoms with Gasteiger partial charge in [0.15, 0.2) is 0 Å². The molecule has 0 heterocycles. The van der Waals surface area contributed by atoms with E-state index in [-0.39, 0.29) is 30.0 Å². The van der Waals surface area contributed by atoms with Crippen LogP contribution in [0.4, 0.5) is 0 Å². The summed E-state index contributed by atoms with van der Waals surface area (Å²) in [4.78, 5) is 23.2. The van der Waals surface area contributed by atoms with Gasteiger partial charge in [-0.05, 0) is 19.3 Å². The maximum absolute atomic E-state index is 12.1. The second-order valence-electron chi connectivity index (χ2n) is 7.03. The molecule has 25 heavy (non-hydrogen) atoms. The molecule has 0 aliphatic heterocycles. The largest absolute Gasteiger partial charge is 0.469 e. The Bertz CT molecular complexity index is 460. The second kappa shape index (κ2) is 12.9. The molecule has 142 valence electrons. The molecule has 0 spiro atoms. The molecule has 0 aromatic rings. The van der Waals surface area contributed by atoms with Crippen molar-refractivity contribution in [2.45, 2.75) is 90.1 Å². The van der Waals surface area contributed by atoms with Gasteiger partial charge in [-0.25, -0.2) is 0 Å². The number of methoxy groups -OCH3 is 1. The summed E-state index contributed by atoms with van der Waals surface area (Å²) < 4.78 is 4.62. The van der Waals surface area contributed by atoms with Gasteiger partial charge in [0.25, 0.3) is 0 Å². The average molecular weight is 350 g/mol. The van der Waals surface area contributed by atoms with Crippen LogP contribution in [0.1, 0.15) is 84.0 Å². The Morgan fingerprint density at radius 1 is 1.16 bits per heavy atom. The minimum absolute atomic E-state index is 0.112. The van der Waals surface area contributed by atoms with Crippen molar-refractivity contribution < 1.29 is 19.4 Å². The number of rotatable bonds is 11. The normalized spacial score (nSPS) is 22.5. The molecule has 0 aromatic heterocycles. The van der Waals surface area contributed by atoms with Crippen molar-refractivity contribution in [2.24, 2.45) is 11.8 Å². The van der Waals surface area contributed by atoms with E-state index in [1.54, 1.807) is 0 Å². The molecule has 0 radical (unpaired) electrons. The summed E-state index contributed by atoms with van der Waals surface area (Å²) in [5, 5.41) is 10.1. The smallest absolute Gasteiger partial charge is 0.305 e. The third-order valence-electron chi connectivity index (χ3n) is 4.97. The number of aliphatic hydroxyl groups is 1. The molecule has 1 saturated carbocycles. The molecule has 0 aromatic carbocycles. The van der Waals surface area contributed by atoms with Crippen molar-refractivity contribution in [3.05, 3.63) is 0 Å². The second-order valence-corrected chi connectivity index (χ2v) is 7.03. The molecule has 3 atom stereocenters. The van der Waals surface area contributed by atoms with E-state index in [4.69, 9.17) is 0 Å². The number of hydrogen-bond acceptors (Lipinski definition) is 4. The van der Waals surface area contributed by atoms with Gasteiger partial charge in [-0.15, -0.1) is 5.92 Å². The number of hydrogen-bond donors (Lipinski definition) is 1. The first-order valence-corrected chi connectivity index (χ1v) is 9.86. The Kier molecular flexibility index (Phi) is 11.2. The highest BCUT2D eigenvalue weighted by atomic mass is 16.5. The van der Waals surface area contributed by atoms with Crippen LogP contribution in [0.5, 0.6) is 0 Å². The van der Waals surface area contributed by atoms with Crippen LogP contribution in [0, 0.1) is 23.7 Å². The van der Waals surface area contributed by atoms with Crippen LogP contribution in [0.15, 0.2) is 0 Å². The van der Waals surface area contributed by atoms with Crippen LogP contribution in [0.3, 0.4) is 0 Å². The maximum Gasteiger partial charge on any atom is 0.305 e. The van der Waals surface area contributed by atoms with Gasteiger partial charge in [-0.1, -0.05) is 51.4 Å². The zero-order valence-corrected chi connectivity index (χ0v) is 15.9. The fraction of sp³-hybridized carbons (Fsp3) is 0.810. The van der Waals surface area contributed by atoms with E-state index >= 15 is 0 Å². The van der Waals surface area contributed by atoms with Crippen LogP contribution in [-0.4, -0.2) is 30.1 Å². The fourth-order valence-corrected chi connectivity index (χ4v) is 3.41. The molecule has 1 aliphatic carbocycles. The molecule has 1 fully saturated rings. The highest BCUT2D eigenvalue weighted by Gasteiger charge is 2.39. The summed E-state index contributed by atoms with van der Waals surface area (Å²) in [6.07, 6.45) is 10.3. The Hall–Kier alpha value is -1.34.